The average Bonchev–Trinajstić information content (AvgIpc) is 3.58. The Bertz CT molecular complexity index is 1390. The maximum absolute atomic E-state index is 13.1. The van der Waals surface area contributed by atoms with Crippen LogP contribution in [0.15, 0.2) is 90.2 Å². The summed E-state index contributed by atoms with van der Waals surface area (Å²) in [5, 5.41) is 19.2. The van der Waals surface area contributed by atoms with Gasteiger partial charge in [0.2, 0.25) is 0 Å². The van der Waals surface area contributed by atoms with E-state index in [1.54, 1.807) is 0 Å². The molecule has 2 aliphatic heterocycles. The Hall–Kier alpha value is -3.90. The van der Waals surface area contributed by atoms with Crippen molar-refractivity contribution >= 4 is 28.7 Å². The molecular weight excluding hydrogens is 448 g/mol. The molecule has 0 radical (unpaired) electrons. The van der Waals surface area contributed by atoms with Crippen LogP contribution >= 0.6 is 0 Å². The van der Waals surface area contributed by atoms with E-state index in [0.717, 1.165) is 23.0 Å². The quantitative estimate of drug-likeness (QED) is 0.400. The summed E-state index contributed by atoms with van der Waals surface area (Å²) in [5.41, 5.74) is 4.24. The van der Waals surface area contributed by atoms with Crippen LogP contribution in [0, 0.1) is 0 Å². The molecule has 1 saturated heterocycles. The summed E-state index contributed by atoms with van der Waals surface area (Å²) < 4.78 is 0. The highest BCUT2D eigenvalue weighted by atomic mass is 16.3. The minimum absolute atomic E-state index is 0.0258. The van der Waals surface area contributed by atoms with Crippen molar-refractivity contribution < 1.29 is 9.90 Å². The fourth-order valence-corrected chi connectivity index (χ4v) is 5.47. The molecule has 1 fully saturated rings. The Morgan fingerprint density at radius 2 is 1.72 bits per heavy atom. The molecule has 0 bridgehead atoms. The molecule has 6 heteroatoms. The lowest BCUT2D eigenvalue weighted by Gasteiger charge is -2.40. The Morgan fingerprint density at radius 3 is 2.50 bits per heavy atom. The number of hydrazone groups is 1. The third kappa shape index (κ3) is 4.40. The number of aliphatic hydroxyl groups is 1. The van der Waals surface area contributed by atoms with Gasteiger partial charge in [0, 0.05) is 43.0 Å². The SMILES string of the molecule is O=C(c1ccc2cc[nH]c2c1)N1CCC(O)(CC2CC=NN2c2ccc(-c3ccccc3)cc2)CC1. The first-order chi connectivity index (χ1) is 17.6. The zero-order valence-corrected chi connectivity index (χ0v) is 20.2. The number of aromatic nitrogens is 1. The molecule has 2 aliphatic rings. The van der Waals surface area contributed by atoms with Gasteiger partial charge in [0.15, 0.2) is 0 Å². The molecule has 1 amide bonds. The van der Waals surface area contributed by atoms with Gasteiger partial charge in [-0.1, -0.05) is 48.5 Å². The lowest BCUT2D eigenvalue weighted by Crippen LogP contribution is -2.49. The Kier molecular flexibility index (Phi) is 5.82. The maximum Gasteiger partial charge on any atom is 0.253 e. The van der Waals surface area contributed by atoms with E-state index in [1.807, 2.05) is 64.8 Å². The number of amides is 1. The molecule has 6 nitrogen and oxygen atoms in total. The van der Waals surface area contributed by atoms with Gasteiger partial charge in [-0.3, -0.25) is 9.80 Å². The maximum atomic E-state index is 13.1. The highest BCUT2D eigenvalue weighted by molar-refractivity contribution is 5.98. The lowest BCUT2D eigenvalue weighted by molar-refractivity contribution is -0.0268. The number of aromatic amines is 1. The highest BCUT2D eigenvalue weighted by Gasteiger charge is 2.38. The van der Waals surface area contributed by atoms with Crippen molar-refractivity contribution in [3.63, 3.8) is 0 Å². The van der Waals surface area contributed by atoms with Crippen molar-refractivity contribution in [2.75, 3.05) is 18.1 Å². The van der Waals surface area contributed by atoms with Gasteiger partial charge in [-0.2, -0.15) is 5.10 Å². The monoisotopic (exact) mass is 478 g/mol. The molecule has 6 rings (SSSR count). The Morgan fingerprint density at radius 1 is 0.972 bits per heavy atom. The van der Waals surface area contributed by atoms with Gasteiger partial charge in [0.25, 0.3) is 5.91 Å². The van der Waals surface area contributed by atoms with Gasteiger partial charge >= 0.3 is 0 Å². The standard InChI is InChI=1S/C30H30N4O2/c35-29(25-7-6-24-12-16-31-28(24)20-25)33-18-14-30(36,15-19-33)21-27-13-17-32-34(27)26-10-8-23(9-11-26)22-4-2-1-3-5-22/h1-12,16-17,20,27,31,36H,13-15,18-19,21H2. The molecule has 4 aromatic rings. The van der Waals surface area contributed by atoms with Gasteiger partial charge < -0.3 is 15.0 Å². The number of H-pyrrole nitrogens is 1. The molecule has 0 spiro atoms. The second kappa shape index (κ2) is 9.28. The first-order valence-corrected chi connectivity index (χ1v) is 12.6. The summed E-state index contributed by atoms with van der Waals surface area (Å²) in [7, 11) is 0. The highest BCUT2D eigenvalue weighted by Crippen LogP contribution is 2.34. The summed E-state index contributed by atoms with van der Waals surface area (Å²) in [6.07, 6.45) is 6.40. The minimum Gasteiger partial charge on any atom is -0.390 e. The number of nitrogens with one attached hydrogen (secondary N) is 1. The van der Waals surface area contributed by atoms with Crippen molar-refractivity contribution in [1.82, 2.24) is 9.88 Å². The first-order valence-electron chi connectivity index (χ1n) is 12.6. The average molecular weight is 479 g/mol. The van der Waals surface area contributed by atoms with Crippen LogP contribution in [0.2, 0.25) is 0 Å². The Balaban J connectivity index is 1.09. The van der Waals surface area contributed by atoms with E-state index in [2.05, 4.69) is 46.5 Å². The topological polar surface area (TPSA) is 71.9 Å². The predicted octanol–water partition coefficient (Wildman–Crippen LogP) is 5.46. The third-order valence-corrected chi connectivity index (χ3v) is 7.57. The molecule has 36 heavy (non-hydrogen) atoms. The van der Waals surface area contributed by atoms with Crippen LogP contribution in [-0.2, 0) is 0 Å². The molecule has 1 aromatic heterocycles. The van der Waals surface area contributed by atoms with Crippen LogP contribution in [-0.4, -0.2) is 51.8 Å². The fourth-order valence-electron chi connectivity index (χ4n) is 5.47. The fraction of sp³-hybridized carbons (Fsp3) is 0.267. The minimum atomic E-state index is -0.805. The van der Waals surface area contributed by atoms with E-state index >= 15 is 0 Å². The molecule has 0 aliphatic carbocycles. The number of carbonyl (C=O) groups is 1. The third-order valence-electron chi connectivity index (χ3n) is 7.57. The number of fused-ring (bicyclic) bond motifs is 1. The number of hydrogen-bond donors (Lipinski definition) is 2. The first kappa shape index (κ1) is 22.6. The van der Waals surface area contributed by atoms with Crippen LogP contribution in [0.1, 0.15) is 36.0 Å². The van der Waals surface area contributed by atoms with E-state index in [-0.39, 0.29) is 11.9 Å². The van der Waals surface area contributed by atoms with Crippen LogP contribution in [0.25, 0.3) is 22.0 Å². The summed E-state index contributed by atoms with van der Waals surface area (Å²) in [5.74, 6) is 0.0258. The number of anilines is 1. The van der Waals surface area contributed by atoms with Crippen molar-refractivity contribution in [2.24, 2.45) is 5.10 Å². The van der Waals surface area contributed by atoms with Crippen LogP contribution in [0.3, 0.4) is 0 Å². The smallest absolute Gasteiger partial charge is 0.253 e. The van der Waals surface area contributed by atoms with Crippen molar-refractivity contribution in [1.29, 1.82) is 0 Å². The second-order valence-electron chi connectivity index (χ2n) is 9.95. The summed E-state index contributed by atoms with van der Waals surface area (Å²) in [6, 6.07) is 26.7. The van der Waals surface area contributed by atoms with Gasteiger partial charge in [-0.15, -0.1) is 0 Å². The van der Waals surface area contributed by atoms with Gasteiger partial charge in [0.05, 0.1) is 17.3 Å². The molecule has 2 N–H and O–H groups in total. The molecule has 0 saturated carbocycles. The number of benzene rings is 3. The molecule has 182 valence electrons. The number of carbonyl (C=O) groups excluding carboxylic acids is 1. The number of nitrogens with zero attached hydrogens (tertiary/aromatic N) is 3. The van der Waals surface area contributed by atoms with Gasteiger partial charge in [-0.05, 0) is 66.1 Å². The van der Waals surface area contributed by atoms with Crippen molar-refractivity contribution in [3.8, 4) is 11.1 Å². The van der Waals surface area contributed by atoms with E-state index in [4.69, 9.17) is 0 Å². The normalized spacial score (nSPS) is 19.2. The Labute approximate surface area is 210 Å². The van der Waals surface area contributed by atoms with Crippen molar-refractivity contribution in [2.45, 2.75) is 37.3 Å². The largest absolute Gasteiger partial charge is 0.390 e. The molecule has 1 unspecified atom stereocenters. The van der Waals surface area contributed by atoms with Crippen LogP contribution in [0.5, 0.6) is 0 Å². The van der Waals surface area contributed by atoms with E-state index in [9.17, 15) is 9.90 Å². The number of piperidine rings is 1. The number of rotatable bonds is 5. The van der Waals surface area contributed by atoms with E-state index in [1.165, 1.54) is 11.1 Å². The number of hydrogen-bond acceptors (Lipinski definition) is 4. The van der Waals surface area contributed by atoms with Gasteiger partial charge in [-0.25, -0.2) is 0 Å². The summed E-state index contributed by atoms with van der Waals surface area (Å²) >= 11 is 0. The zero-order valence-electron chi connectivity index (χ0n) is 20.2. The van der Waals surface area contributed by atoms with Gasteiger partial charge in [0.1, 0.15) is 0 Å². The lowest BCUT2D eigenvalue weighted by atomic mass is 9.84. The van der Waals surface area contributed by atoms with Crippen molar-refractivity contribution in [3.05, 3.63) is 90.6 Å². The van der Waals surface area contributed by atoms with Crippen LogP contribution in [0.4, 0.5) is 5.69 Å². The van der Waals surface area contributed by atoms with E-state index in [0.29, 0.717) is 37.9 Å². The second-order valence-corrected chi connectivity index (χ2v) is 9.95. The summed E-state index contributed by atoms with van der Waals surface area (Å²) in [6.45, 7) is 1.11. The van der Waals surface area contributed by atoms with E-state index < -0.39 is 5.60 Å². The molecule has 3 aromatic carbocycles. The molecule has 3 heterocycles. The van der Waals surface area contributed by atoms with Crippen LogP contribution < -0.4 is 5.01 Å². The molecule has 1 atom stereocenters. The number of likely N-dealkylation sites (tertiary alicyclic amines) is 1. The predicted molar refractivity (Wildman–Crippen MR) is 144 cm³/mol. The zero-order chi connectivity index (χ0) is 24.5. The summed E-state index contributed by atoms with van der Waals surface area (Å²) in [4.78, 5) is 18.1. The molecular formula is C30H30N4O2.